The van der Waals surface area contributed by atoms with Gasteiger partial charge in [-0.2, -0.15) is 0 Å². The van der Waals surface area contributed by atoms with E-state index in [4.69, 9.17) is 0 Å². The van der Waals surface area contributed by atoms with Gasteiger partial charge in [0.05, 0.1) is 0 Å². The molecule has 1 aliphatic heterocycles. The summed E-state index contributed by atoms with van der Waals surface area (Å²) >= 11 is 0. The summed E-state index contributed by atoms with van der Waals surface area (Å²) in [4.78, 5) is 15.6. The molecule has 200 valence electrons. The topological polar surface area (TPSA) is 37.3 Å². The number of carbonyl (C=O) groups excluding carboxylic acids is 1. The molecular weight excluding hydrogens is 497 g/mol. The Morgan fingerprint density at radius 2 is 1.66 bits per heavy atom. The lowest BCUT2D eigenvalue weighted by molar-refractivity contribution is -0.121. The van der Waals surface area contributed by atoms with E-state index < -0.39 is 0 Å². The first-order valence-corrected chi connectivity index (χ1v) is 13.4. The van der Waals surface area contributed by atoms with Crippen molar-refractivity contribution >= 4 is 29.2 Å². The van der Waals surface area contributed by atoms with Gasteiger partial charge in [0.25, 0.3) is 0 Å². The Bertz CT molecular complexity index is 1330. The van der Waals surface area contributed by atoms with Gasteiger partial charge in [-0.25, -0.2) is 4.39 Å². The maximum atomic E-state index is 13.8. The number of aromatic nitrogens is 1. The summed E-state index contributed by atoms with van der Waals surface area (Å²) in [6.07, 6.45) is 6.30. The molecule has 0 bridgehead atoms. The fraction of sp³-hybridized carbons (Fsp3) is 0.344. The molecule has 1 unspecified atom stereocenters. The second kappa shape index (κ2) is 13.1. The largest absolute Gasteiger partial charge is 0.355 e. The number of rotatable bonds is 9. The first-order valence-electron chi connectivity index (χ1n) is 13.4. The first-order chi connectivity index (χ1) is 18.1. The molecule has 1 aromatic heterocycles. The number of para-hydroxylation sites is 1. The highest BCUT2D eigenvalue weighted by molar-refractivity contribution is 5.87. The summed E-state index contributed by atoms with van der Waals surface area (Å²) in [5.74, 6) is -0.406. The number of halogens is 2. The van der Waals surface area contributed by atoms with E-state index in [-0.39, 0.29) is 30.0 Å². The second-order valence-corrected chi connectivity index (χ2v) is 10.3. The van der Waals surface area contributed by atoms with Crippen molar-refractivity contribution in [2.75, 3.05) is 26.2 Å². The third-order valence-electron chi connectivity index (χ3n) is 7.53. The van der Waals surface area contributed by atoms with Crippen LogP contribution in [0.5, 0.6) is 0 Å². The SMILES string of the molecule is Cc1ccc(Cn2cc(C(CC(=O)NCCN3CCCCC3)c3ccc(F)cc3)c3ccccc32)cc1.Cl. The van der Waals surface area contributed by atoms with Gasteiger partial charge in [0, 0.05) is 49.1 Å². The average Bonchev–Trinajstić information content (AvgIpc) is 3.28. The van der Waals surface area contributed by atoms with Crippen LogP contribution in [-0.2, 0) is 11.3 Å². The summed E-state index contributed by atoms with van der Waals surface area (Å²) in [5.41, 5.74) is 5.65. The third kappa shape index (κ3) is 6.83. The van der Waals surface area contributed by atoms with E-state index in [0.717, 1.165) is 48.2 Å². The van der Waals surface area contributed by atoms with Gasteiger partial charge >= 0.3 is 0 Å². The number of piperidine rings is 1. The lowest BCUT2D eigenvalue weighted by Gasteiger charge is -2.26. The quantitative estimate of drug-likeness (QED) is 0.260. The van der Waals surface area contributed by atoms with Crippen molar-refractivity contribution in [2.45, 2.75) is 45.1 Å². The van der Waals surface area contributed by atoms with Crippen LogP contribution in [-0.4, -0.2) is 41.6 Å². The minimum atomic E-state index is -0.268. The average molecular weight is 534 g/mol. The number of carbonyl (C=O) groups is 1. The molecule has 4 aromatic rings. The molecule has 1 atom stereocenters. The molecule has 1 N–H and O–H groups in total. The van der Waals surface area contributed by atoms with Crippen molar-refractivity contribution in [2.24, 2.45) is 0 Å². The molecule has 1 aliphatic rings. The summed E-state index contributed by atoms with van der Waals surface area (Å²) in [5, 5.41) is 4.28. The number of hydrogen-bond donors (Lipinski definition) is 1. The van der Waals surface area contributed by atoms with Crippen LogP contribution in [0.2, 0.25) is 0 Å². The van der Waals surface area contributed by atoms with Crippen molar-refractivity contribution in [1.29, 1.82) is 0 Å². The number of aryl methyl sites for hydroxylation is 1. The Morgan fingerprint density at radius 3 is 2.39 bits per heavy atom. The fourth-order valence-electron chi connectivity index (χ4n) is 5.47. The van der Waals surface area contributed by atoms with Crippen LogP contribution in [0.1, 0.15) is 53.9 Å². The van der Waals surface area contributed by atoms with Gasteiger partial charge in [0.1, 0.15) is 5.82 Å². The molecule has 1 saturated heterocycles. The number of hydrogen-bond acceptors (Lipinski definition) is 2. The number of nitrogens with zero attached hydrogens (tertiary/aromatic N) is 2. The van der Waals surface area contributed by atoms with Crippen LogP contribution in [0, 0.1) is 12.7 Å². The highest BCUT2D eigenvalue weighted by Crippen LogP contribution is 2.35. The monoisotopic (exact) mass is 533 g/mol. The van der Waals surface area contributed by atoms with E-state index in [2.05, 4.69) is 70.4 Å². The van der Waals surface area contributed by atoms with Gasteiger partial charge in [-0.1, -0.05) is 66.6 Å². The molecule has 1 amide bonds. The van der Waals surface area contributed by atoms with Crippen LogP contribution >= 0.6 is 12.4 Å². The van der Waals surface area contributed by atoms with Crippen molar-refractivity contribution < 1.29 is 9.18 Å². The van der Waals surface area contributed by atoms with Gasteiger partial charge in [-0.05, 0) is 67.7 Å². The maximum Gasteiger partial charge on any atom is 0.220 e. The first kappa shape index (κ1) is 27.9. The molecule has 1 fully saturated rings. The number of amides is 1. The normalized spacial score (nSPS) is 14.7. The van der Waals surface area contributed by atoms with Gasteiger partial charge in [0.2, 0.25) is 5.91 Å². The summed E-state index contributed by atoms with van der Waals surface area (Å²) in [7, 11) is 0. The zero-order valence-corrected chi connectivity index (χ0v) is 22.9. The standard InChI is InChI=1S/C32H36FN3O.ClH/c1-24-9-11-25(12-10-24)22-36-23-30(28-7-3-4-8-31(28)36)29(26-13-15-27(33)16-14-26)21-32(37)34-17-20-35-18-5-2-6-19-35;/h3-4,7-16,23,29H,2,5-6,17-22H2,1H3,(H,34,37);1H. The van der Waals surface area contributed by atoms with Crippen molar-refractivity contribution in [3.63, 3.8) is 0 Å². The fourth-order valence-corrected chi connectivity index (χ4v) is 5.47. The summed E-state index contributed by atoms with van der Waals surface area (Å²) in [6.45, 7) is 6.63. The van der Waals surface area contributed by atoms with Crippen LogP contribution in [0.15, 0.2) is 79.0 Å². The summed E-state index contributed by atoms with van der Waals surface area (Å²) in [6, 6.07) is 23.6. The number of nitrogens with one attached hydrogen (secondary N) is 1. The third-order valence-corrected chi connectivity index (χ3v) is 7.53. The predicted molar refractivity (Wildman–Crippen MR) is 156 cm³/mol. The molecule has 0 saturated carbocycles. The Kier molecular flexibility index (Phi) is 9.59. The Balaban J connectivity index is 0.00000336. The molecule has 0 aliphatic carbocycles. The lowest BCUT2D eigenvalue weighted by atomic mass is 9.88. The number of fused-ring (bicyclic) bond motifs is 1. The number of likely N-dealkylation sites (tertiary alicyclic amines) is 1. The molecule has 0 radical (unpaired) electrons. The smallest absolute Gasteiger partial charge is 0.220 e. The Hall–Kier alpha value is -3.15. The van der Waals surface area contributed by atoms with Crippen LogP contribution < -0.4 is 5.32 Å². The van der Waals surface area contributed by atoms with Crippen LogP contribution in [0.3, 0.4) is 0 Å². The molecule has 2 heterocycles. The zero-order chi connectivity index (χ0) is 25.6. The maximum absolute atomic E-state index is 13.8. The minimum Gasteiger partial charge on any atom is -0.355 e. The molecule has 5 rings (SSSR count). The van der Waals surface area contributed by atoms with Gasteiger partial charge < -0.3 is 14.8 Å². The Labute approximate surface area is 231 Å². The van der Waals surface area contributed by atoms with Crippen molar-refractivity contribution in [1.82, 2.24) is 14.8 Å². The molecule has 3 aromatic carbocycles. The van der Waals surface area contributed by atoms with Crippen LogP contribution in [0.4, 0.5) is 4.39 Å². The van der Waals surface area contributed by atoms with E-state index in [1.54, 1.807) is 0 Å². The summed E-state index contributed by atoms with van der Waals surface area (Å²) < 4.78 is 16.1. The molecule has 38 heavy (non-hydrogen) atoms. The van der Waals surface area contributed by atoms with Gasteiger partial charge in [-0.3, -0.25) is 4.79 Å². The van der Waals surface area contributed by atoms with E-state index in [1.165, 1.54) is 42.5 Å². The van der Waals surface area contributed by atoms with Crippen molar-refractivity contribution in [3.05, 3.63) is 107 Å². The Morgan fingerprint density at radius 1 is 0.947 bits per heavy atom. The van der Waals surface area contributed by atoms with E-state index >= 15 is 0 Å². The van der Waals surface area contributed by atoms with E-state index in [1.807, 2.05) is 18.2 Å². The van der Waals surface area contributed by atoms with Gasteiger partial charge in [-0.15, -0.1) is 12.4 Å². The molecule has 6 heteroatoms. The molecular formula is C32H37ClFN3O. The molecule has 4 nitrogen and oxygen atoms in total. The molecule has 0 spiro atoms. The second-order valence-electron chi connectivity index (χ2n) is 10.3. The number of benzene rings is 3. The van der Waals surface area contributed by atoms with Crippen molar-refractivity contribution in [3.8, 4) is 0 Å². The predicted octanol–water partition coefficient (Wildman–Crippen LogP) is 6.68. The highest BCUT2D eigenvalue weighted by Gasteiger charge is 2.23. The van der Waals surface area contributed by atoms with Crippen LogP contribution in [0.25, 0.3) is 10.9 Å². The van der Waals surface area contributed by atoms with Gasteiger partial charge in [0.15, 0.2) is 0 Å². The van der Waals surface area contributed by atoms with E-state index in [0.29, 0.717) is 13.0 Å². The highest BCUT2D eigenvalue weighted by atomic mass is 35.5. The zero-order valence-electron chi connectivity index (χ0n) is 22.0. The minimum absolute atomic E-state index is 0. The lowest BCUT2D eigenvalue weighted by Crippen LogP contribution is -2.38. The van der Waals surface area contributed by atoms with E-state index in [9.17, 15) is 9.18 Å².